The Hall–Kier alpha value is -2.50. The second-order valence-corrected chi connectivity index (χ2v) is 10.4. The van der Waals surface area contributed by atoms with Gasteiger partial charge >= 0.3 is 5.97 Å². The zero-order valence-electron chi connectivity index (χ0n) is 20.3. The van der Waals surface area contributed by atoms with Crippen LogP contribution in [0.15, 0.2) is 66.8 Å². The number of carbonyl (C=O) groups excluding carboxylic acids is 2. The van der Waals surface area contributed by atoms with Crippen molar-refractivity contribution >= 4 is 11.8 Å². The third-order valence-electron chi connectivity index (χ3n) is 8.04. The van der Waals surface area contributed by atoms with Gasteiger partial charge in [-0.25, -0.2) is 4.79 Å². The van der Waals surface area contributed by atoms with E-state index in [-0.39, 0.29) is 23.7 Å². The van der Waals surface area contributed by atoms with E-state index in [4.69, 9.17) is 4.74 Å². The summed E-state index contributed by atoms with van der Waals surface area (Å²) < 4.78 is 6.25. The fourth-order valence-corrected chi connectivity index (χ4v) is 6.16. The van der Waals surface area contributed by atoms with Crippen molar-refractivity contribution in [3.05, 3.63) is 72.4 Å². The van der Waals surface area contributed by atoms with E-state index in [1.54, 1.807) is 0 Å². The van der Waals surface area contributed by atoms with Crippen LogP contribution in [0.25, 0.3) is 0 Å². The van der Waals surface area contributed by atoms with Crippen molar-refractivity contribution in [1.29, 1.82) is 0 Å². The molecule has 3 aliphatic rings. The first-order valence-electron chi connectivity index (χ1n) is 12.6. The van der Waals surface area contributed by atoms with Gasteiger partial charge in [-0.3, -0.25) is 4.79 Å². The van der Waals surface area contributed by atoms with E-state index in [1.807, 2.05) is 24.3 Å². The summed E-state index contributed by atoms with van der Waals surface area (Å²) in [4.78, 5) is 25.2. The molecule has 1 aromatic rings. The Balaban J connectivity index is 1.73. The van der Waals surface area contributed by atoms with Gasteiger partial charge in [-0.2, -0.15) is 0 Å². The molecule has 0 aromatic heterocycles. The number of rotatable bonds is 2. The number of benzene rings is 1. The van der Waals surface area contributed by atoms with Crippen LogP contribution in [0.4, 0.5) is 0 Å². The van der Waals surface area contributed by atoms with Crippen molar-refractivity contribution in [2.75, 3.05) is 6.54 Å². The number of aliphatic hydroxyl groups excluding tert-OH is 1. The van der Waals surface area contributed by atoms with Crippen molar-refractivity contribution in [1.82, 2.24) is 5.32 Å². The third-order valence-corrected chi connectivity index (χ3v) is 8.04. The first-order chi connectivity index (χ1) is 16.3. The van der Waals surface area contributed by atoms with Crippen molar-refractivity contribution in [2.24, 2.45) is 23.7 Å². The van der Waals surface area contributed by atoms with E-state index < -0.39 is 23.6 Å². The van der Waals surface area contributed by atoms with Gasteiger partial charge in [0.25, 0.3) is 0 Å². The molecule has 0 amide bonds. The van der Waals surface area contributed by atoms with E-state index in [0.29, 0.717) is 18.9 Å². The summed E-state index contributed by atoms with van der Waals surface area (Å²) in [5.41, 5.74) is 1.07. The molecule has 2 aliphatic heterocycles. The smallest absolute Gasteiger partial charge is 0.331 e. The summed E-state index contributed by atoms with van der Waals surface area (Å²) in [6.07, 6.45) is 9.78. The fourth-order valence-electron chi connectivity index (χ4n) is 6.16. The number of ketones is 1. The van der Waals surface area contributed by atoms with Crippen molar-refractivity contribution in [3.8, 4) is 0 Å². The van der Waals surface area contributed by atoms with Crippen LogP contribution in [0, 0.1) is 23.7 Å². The Morgan fingerprint density at radius 1 is 1.18 bits per heavy atom. The predicted octanol–water partition coefficient (Wildman–Crippen LogP) is 4.17. The van der Waals surface area contributed by atoms with Crippen molar-refractivity contribution in [2.45, 2.75) is 63.7 Å². The quantitative estimate of drug-likeness (QED) is 0.509. The first kappa shape index (κ1) is 24.6. The second-order valence-electron chi connectivity index (χ2n) is 10.4. The van der Waals surface area contributed by atoms with Gasteiger partial charge in [0.1, 0.15) is 5.60 Å². The number of carbonyl (C=O) groups is 2. The largest absolute Gasteiger partial charge is 0.453 e. The molecular weight excluding hydrogens is 426 g/mol. The molecule has 5 nitrogen and oxygen atoms in total. The summed E-state index contributed by atoms with van der Waals surface area (Å²) in [7, 11) is 0. The van der Waals surface area contributed by atoms with Crippen LogP contribution in [0.2, 0.25) is 0 Å². The zero-order chi connectivity index (χ0) is 24.3. The van der Waals surface area contributed by atoms with Crippen LogP contribution in [0.1, 0.15) is 45.1 Å². The number of aliphatic hydroxyl groups is 1. The molecule has 0 radical (unpaired) electrons. The molecule has 7 atom stereocenters. The molecule has 0 bridgehead atoms. The highest BCUT2D eigenvalue weighted by atomic mass is 16.6. The first-order valence-corrected chi connectivity index (χ1v) is 12.6. The van der Waals surface area contributed by atoms with Gasteiger partial charge in [0.15, 0.2) is 5.78 Å². The average molecular weight is 464 g/mol. The maximum atomic E-state index is 13.0. The van der Waals surface area contributed by atoms with Crippen molar-refractivity contribution < 1.29 is 19.4 Å². The molecule has 1 unspecified atom stereocenters. The Bertz CT molecular complexity index is 968. The van der Waals surface area contributed by atoms with E-state index in [9.17, 15) is 14.7 Å². The molecule has 5 heteroatoms. The maximum Gasteiger partial charge on any atom is 0.331 e. The number of allylic oxidation sites excluding steroid dienone is 2. The highest BCUT2D eigenvalue weighted by molar-refractivity contribution is 5.95. The summed E-state index contributed by atoms with van der Waals surface area (Å²) in [5, 5.41) is 14.9. The third kappa shape index (κ3) is 4.96. The van der Waals surface area contributed by atoms with Gasteiger partial charge in [0.05, 0.1) is 6.10 Å². The second kappa shape index (κ2) is 10.4. The van der Waals surface area contributed by atoms with Crippen LogP contribution < -0.4 is 5.32 Å². The molecule has 182 valence electrons. The van der Waals surface area contributed by atoms with Crippen molar-refractivity contribution in [3.63, 3.8) is 0 Å². The van der Waals surface area contributed by atoms with E-state index in [1.165, 1.54) is 17.7 Å². The Labute approximate surface area is 203 Å². The minimum atomic E-state index is -0.923. The van der Waals surface area contributed by atoms with Crippen LogP contribution in [-0.2, 0) is 20.7 Å². The molecule has 1 aromatic carbocycles. The molecular formula is C29H37NO4. The minimum Gasteiger partial charge on any atom is -0.453 e. The summed E-state index contributed by atoms with van der Waals surface area (Å²) >= 11 is 0. The average Bonchev–Trinajstić information content (AvgIpc) is 3.17. The SMILES string of the molecule is C=C1[C@@H](O)C2/C=C/C[C@H](C)CCCC(=O)/C=C/C(=O)O[C@]23CN[C@@H](Cc2ccccc2)[C@@H]3[C@@H]1C. The molecule has 1 spiro atoms. The Morgan fingerprint density at radius 2 is 1.94 bits per heavy atom. The predicted molar refractivity (Wildman–Crippen MR) is 133 cm³/mol. The standard InChI is InChI=1S/C29H37NO4/c1-19-9-7-13-23(31)15-16-26(32)34-29-18-30-25(17-22-11-5-4-6-12-22)27(29)20(2)21(3)28(33)24(29)14-8-10-19/h4-6,8,11-12,14-16,19-20,24-25,27-28,30,33H,3,7,9-10,13,17-18H2,1-2H3/b14-8+,16-15+/t19-,20-,24?,25+,27+,28-,29-/m1/s1. The topological polar surface area (TPSA) is 75.6 Å². The normalized spacial score (nSPS) is 38.9. The van der Waals surface area contributed by atoms with Gasteiger partial charge in [-0.05, 0) is 54.7 Å². The zero-order valence-corrected chi connectivity index (χ0v) is 20.3. The van der Waals surface area contributed by atoms with Crippen LogP contribution in [0.3, 0.4) is 0 Å². The Morgan fingerprint density at radius 3 is 2.71 bits per heavy atom. The lowest BCUT2D eigenvalue weighted by molar-refractivity contribution is -0.173. The molecule has 1 aliphatic carbocycles. The molecule has 4 rings (SSSR count). The molecule has 1 saturated heterocycles. The molecule has 1 saturated carbocycles. The lowest BCUT2D eigenvalue weighted by atomic mass is 9.60. The van der Waals surface area contributed by atoms with Gasteiger partial charge in [0, 0.05) is 36.9 Å². The van der Waals surface area contributed by atoms with Gasteiger partial charge < -0.3 is 15.2 Å². The fraction of sp³-hybridized carbons (Fsp3) is 0.517. The summed E-state index contributed by atoms with van der Waals surface area (Å²) in [6, 6.07) is 10.3. The monoisotopic (exact) mass is 463 g/mol. The number of nitrogens with one attached hydrogen (secondary N) is 1. The van der Waals surface area contributed by atoms with E-state index in [0.717, 1.165) is 31.3 Å². The number of hydrogen-bond acceptors (Lipinski definition) is 5. The Kier molecular flexibility index (Phi) is 7.54. The van der Waals surface area contributed by atoms with Gasteiger partial charge in [0.2, 0.25) is 0 Å². The minimum absolute atomic E-state index is 0.0421. The van der Waals surface area contributed by atoms with E-state index in [2.05, 4.69) is 44.0 Å². The lowest BCUT2D eigenvalue weighted by Crippen LogP contribution is -2.59. The molecule has 2 heterocycles. The van der Waals surface area contributed by atoms with Crippen LogP contribution >= 0.6 is 0 Å². The van der Waals surface area contributed by atoms with E-state index >= 15 is 0 Å². The highest BCUT2D eigenvalue weighted by Crippen LogP contribution is 2.51. The summed E-state index contributed by atoms with van der Waals surface area (Å²) in [5.74, 6) is -0.662. The molecule has 2 N–H and O–H groups in total. The maximum absolute atomic E-state index is 13.0. The summed E-state index contributed by atoms with van der Waals surface area (Å²) in [6.45, 7) is 8.96. The van der Waals surface area contributed by atoms with Gasteiger partial charge in [-0.1, -0.05) is 62.9 Å². The highest BCUT2D eigenvalue weighted by Gasteiger charge is 2.62. The number of hydrogen-bond donors (Lipinski definition) is 2. The van der Waals surface area contributed by atoms with Crippen LogP contribution in [0.5, 0.6) is 0 Å². The van der Waals surface area contributed by atoms with Crippen LogP contribution in [-0.4, -0.2) is 41.2 Å². The molecule has 34 heavy (non-hydrogen) atoms. The molecule has 2 fully saturated rings. The number of esters is 1. The number of ether oxygens (including phenoxy) is 1. The lowest BCUT2D eigenvalue weighted by Gasteiger charge is -2.50. The van der Waals surface area contributed by atoms with Gasteiger partial charge in [-0.15, -0.1) is 0 Å².